The van der Waals surface area contributed by atoms with Crippen molar-refractivity contribution in [3.8, 4) is 11.5 Å². The van der Waals surface area contributed by atoms with Crippen LogP contribution in [0, 0.1) is 6.92 Å². The van der Waals surface area contributed by atoms with Crippen LogP contribution >= 0.6 is 11.3 Å². The highest BCUT2D eigenvalue weighted by molar-refractivity contribution is 7.14. The molecule has 0 radical (unpaired) electrons. The smallest absolute Gasteiger partial charge is 0.223 e. The number of aryl methyl sites for hydroxylation is 1. The number of fused-ring (bicyclic) bond motifs is 1. The highest BCUT2D eigenvalue weighted by atomic mass is 32.1. The molecule has 1 aromatic carbocycles. The maximum absolute atomic E-state index is 12.5. The number of amides is 1. The maximum atomic E-state index is 12.5. The van der Waals surface area contributed by atoms with Gasteiger partial charge in [0.15, 0.2) is 23.4 Å². The van der Waals surface area contributed by atoms with Crippen molar-refractivity contribution in [2.45, 2.75) is 32.8 Å². The predicted octanol–water partition coefficient (Wildman–Crippen LogP) is 3.71. The molecule has 2 heterocycles. The zero-order chi connectivity index (χ0) is 18.5. The van der Waals surface area contributed by atoms with Gasteiger partial charge in [0.2, 0.25) is 5.91 Å². The van der Waals surface area contributed by atoms with Crippen molar-refractivity contribution in [2.75, 3.05) is 19.7 Å². The van der Waals surface area contributed by atoms with Crippen LogP contribution in [0.2, 0.25) is 0 Å². The number of carbonyl (C=O) groups excluding carboxylic acids is 2. The summed E-state index contributed by atoms with van der Waals surface area (Å²) in [4.78, 5) is 28.3. The molecule has 0 fully saturated rings. The number of Topliss-reactive ketones (excluding diaryl/α,β-unsaturated/α-hetero) is 1. The Labute approximate surface area is 157 Å². The third-order valence-electron chi connectivity index (χ3n) is 4.31. The van der Waals surface area contributed by atoms with Crippen molar-refractivity contribution in [1.29, 1.82) is 0 Å². The largest absolute Gasteiger partial charge is 0.486 e. The zero-order valence-electron chi connectivity index (χ0n) is 15.1. The molecule has 2 aromatic rings. The molecule has 1 aliphatic heterocycles. The molecule has 3 rings (SSSR count). The third-order valence-corrected chi connectivity index (χ3v) is 5.35. The Balaban J connectivity index is 1.52. The summed E-state index contributed by atoms with van der Waals surface area (Å²) in [6.45, 7) is 5.34. The van der Waals surface area contributed by atoms with Crippen LogP contribution in [0.15, 0.2) is 36.4 Å². The average Bonchev–Trinajstić information content (AvgIpc) is 3.10. The molecule has 6 heteroatoms. The Hall–Kier alpha value is -2.34. The molecule has 0 bridgehead atoms. The SMILES string of the molecule is CCN(CC1COc2ccccc2O1)C(=O)CCC(=O)c1ccc(C)s1. The number of benzene rings is 1. The highest BCUT2D eigenvalue weighted by Gasteiger charge is 2.25. The van der Waals surface area contributed by atoms with Crippen molar-refractivity contribution in [3.05, 3.63) is 46.2 Å². The molecule has 0 spiro atoms. The fourth-order valence-corrected chi connectivity index (χ4v) is 3.73. The first kappa shape index (κ1) is 18.5. The topological polar surface area (TPSA) is 55.8 Å². The lowest BCUT2D eigenvalue weighted by molar-refractivity contribution is -0.132. The van der Waals surface area contributed by atoms with Crippen molar-refractivity contribution >= 4 is 23.0 Å². The molecular weight excluding hydrogens is 350 g/mol. The Morgan fingerprint density at radius 1 is 1.15 bits per heavy atom. The van der Waals surface area contributed by atoms with E-state index >= 15 is 0 Å². The van der Waals surface area contributed by atoms with Crippen molar-refractivity contribution in [2.24, 2.45) is 0 Å². The van der Waals surface area contributed by atoms with Gasteiger partial charge in [-0.1, -0.05) is 12.1 Å². The molecule has 138 valence electrons. The summed E-state index contributed by atoms with van der Waals surface area (Å²) in [5.74, 6) is 1.43. The quantitative estimate of drug-likeness (QED) is 0.695. The number of carbonyl (C=O) groups is 2. The normalized spacial score (nSPS) is 15.5. The minimum Gasteiger partial charge on any atom is -0.486 e. The van der Waals surface area contributed by atoms with Gasteiger partial charge >= 0.3 is 0 Å². The van der Waals surface area contributed by atoms with E-state index in [1.165, 1.54) is 11.3 Å². The molecule has 0 saturated heterocycles. The Morgan fingerprint density at radius 3 is 2.62 bits per heavy atom. The molecular formula is C20H23NO4S. The van der Waals surface area contributed by atoms with Gasteiger partial charge in [0.1, 0.15) is 6.61 Å². The van der Waals surface area contributed by atoms with Gasteiger partial charge in [0, 0.05) is 24.3 Å². The van der Waals surface area contributed by atoms with E-state index in [0.717, 1.165) is 15.5 Å². The van der Waals surface area contributed by atoms with Crippen LogP contribution in [0.4, 0.5) is 0 Å². The molecule has 1 amide bonds. The molecule has 1 aliphatic rings. The fraction of sp³-hybridized carbons (Fsp3) is 0.400. The van der Waals surface area contributed by atoms with Crippen LogP contribution in [0.25, 0.3) is 0 Å². The Kier molecular flexibility index (Phi) is 5.93. The summed E-state index contributed by atoms with van der Waals surface area (Å²) in [6.07, 6.45) is 0.248. The number of hydrogen-bond acceptors (Lipinski definition) is 5. The van der Waals surface area contributed by atoms with E-state index in [4.69, 9.17) is 9.47 Å². The minimum atomic E-state index is -0.204. The number of ether oxygens (including phenoxy) is 2. The van der Waals surface area contributed by atoms with Gasteiger partial charge < -0.3 is 14.4 Å². The van der Waals surface area contributed by atoms with E-state index in [9.17, 15) is 9.59 Å². The third kappa shape index (κ3) is 4.43. The summed E-state index contributed by atoms with van der Waals surface area (Å²) in [6, 6.07) is 11.3. The van der Waals surface area contributed by atoms with Gasteiger partial charge in [0.05, 0.1) is 11.4 Å². The number of likely N-dealkylation sites (N-methyl/N-ethyl adjacent to an activating group) is 1. The number of hydrogen-bond donors (Lipinski definition) is 0. The second-order valence-electron chi connectivity index (χ2n) is 6.26. The second kappa shape index (κ2) is 8.36. The first-order valence-corrected chi connectivity index (χ1v) is 9.64. The Bertz CT molecular complexity index is 786. The molecule has 26 heavy (non-hydrogen) atoms. The van der Waals surface area contributed by atoms with Crippen molar-refractivity contribution in [1.82, 2.24) is 4.90 Å². The maximum Gasteiger partial charge on any atom is 0.223 e. The zero-order valence-corrected chi connectivity index (χ0v) is 15.9. The van der Waals surface area contributed by atoms with E-state index < -0.39 is 0 Å². The van der Waals surface area contributed by atoms with Gasteiger partial charge in [-0.3, -0.25) is 9.59 Å². The van der Waals surface area contributed by atoms with Crippen LogP contribution in [0.1, 0.15) is 34.3 Å². The van der Waals surface area contributed by atoms with E-state index in [1.54, 1.807) is 4.90 Å². The van der Waals surface area contributed by atoms with Crippen molar-refractivity contribution < 1.29 is 19.1 Å². The van der Waals surface area contributed by atoms with E-state index in [-0.39, 0.29) is 30.6 Å². The number of rotatable bonds is 7. The van der Waals surface area contributed by atoms with Crippen molar-refractivity contribution in [3.63, 3.8) is 0 Å². The number of ketones is 1. The summed E-state index contributed by atoms with van der Waals surface area (Å²) in [5.41, 5.74) is 0. The van der Waals surface area contributed by atoms with Gasteiger partial charge in [0.25, 0.3) is 0 Å². The predicted molar refractivity (Wildman–Crippen MR) is 101 cm³/mol. The van der Waals surface area contributed by atoms with Crippen LogP contribution in [-0.2, 0) is 4.79 Å². The lowest BCUT2D eigenvalue weighted by Crippen LogP contribution is -2.43. The lowest BCUT2D eigenvalue weighted by atomic mass is 10.1. The van der Waals surface area contributed by atoms with Gasteiger partial charge in [-0.25, -0.2) is 0 Å². The molecule has 1 unspecified atom stereocenters. The number of nitrogens with zero attached hydrogens (tertiary/aromatic N) is 1. The lowest BCUT2D eigenvalue weighted by Gasteiger charge is -2.31. The fourth-order valence-electron chi connectivity index (χ4n) is 2.89. The van der Waals surface area contributed by atoms with Gasteiger partial charge in [-0.05, 0) is 38.1 Å². The number of para-hydroxylation sites is 2. The van der Waals surface area contributed by atoms with Crippen LogP contribution in [-0.4, -0.2) is 42.4 Å². The first-order chi connectivity index (χ1) is 12.6. The van der Waals surface area contributed by atoms with Crippen LogP contribution < -0.4 is 9.47 Å². The van der Waals surface area contributed by atoms with Gasteiger partial charge in [-0.2, -0.15) is 0 Å². The molecule has 0 N–H and O–H groups in total. The summed E-state index contributed by atoms with van der Waals surface area (Å²) >= 11 is 1.47. The average molecular weight is 373 g/mol. The Morgan fingerprint density at radius 2 is 1.92 bits per heavy atom. The standard InChI is InChI=1S/C20H23NO4S/c1-3-21(12-15-13-24-17-6-4-5-7-18(17)25-15)20(23)11-9-16(22)19-10-8-14(2)26-19/h4-8,10,15H,3,9,11-13H2,1-2H3. The van der Waals surface area contributed by atoms with Crippen LogP contribution in [0.3, 0.4) is 0 Å². The molecule has 5 nitrogen and oxygen atoms in total. The van der Waals surface area contributed by atoms with E-state index in [2.05, 4.69) is 0 Å². The molecule has 1 atom stereocenters. The van der Waals surface area contributed by atoms with E-state index in [0.29, 0.717) is 25.4 Å². The number of thiophene rings is 1. The van der Waals surface area contributed by atoms with E-state index in [1.807, 2.05) is 50.2 Å². The summed E-state index contributed by atoms with van der Waals surface area (Å²) in [7, 11) is 0. The van der Waals surface area contributed by atoms with Crippen LogP contribution in [0.5, 0.6) is 11.5 Å². The summed E-state index contributed by atoms with van der Waals surface area (Å²) in [5, 5.41) is 0. The monoisotopic (exact) mass is 373 g/mol. The highest BCUT2D eigenvalue weighted by Crippen LogP contribution is 2.31. The minimum absolute atomic E-state index is 0.0266. The van der Waals surface area contributed by atoms with Gasteiger partial charge in [-0.15, -0.1) is 11.3 Å². The molecule has 0 saturated carbocycles. The second-order valence-corrected chi connectivity index (χ2v) is 7.55. The molecule has 1 aromatic heterocycles. The summed E-state index contributed by atoms with van der Waals surface area (Å²) < 4.78 is 11.6. The first-order valence-electron chi connectivity index (χ1n) is 8.82. The molecule has 0 aliphatic carbocycles.